The molecule has 0 aliphatic heterocycles. The van der Waals surface area contributed by atoms with E-state index in [0.717, 1.165) is 0 Å². The van der Waals surface area contributed by atoms with Gasteiger partial charge in [-0.25, -0.2) is 8.42 Å². The van der Waals surface area contributed by atoms with Gasteiger partial charge in [-0.05, 0) is 12.5 Å². The van der Waals surface area contributed by atoms with Crippen LogP contribution in [0.1, 0.15) is 45.4 Å². The van der Waals surface area contributed by atoms with E-state index < -0.39 is 21.4 Å². The van der Waals surface area contributed by atoms with Gasteiger partial charge in [0.1, 0.15) is 0 Å². The number of benzene rings is 1. The Morgan fingerprint density at radius 3 is 2.43 bits per heavy atom. The Bertz CT molecular complexity index is 867. The molecule has 7 nitrogen and oxygen atoms in total. The van der Waals surface area contributed by atoms with E-state index in [1.165, 1.54) is 18.2 Å². The van der Waals surface area contributed by atoms with Crippen molar-refractivity contribution in [3.05, 3.63) is 40.7 Å². The SMILES string of the molecule is CCCS(=O)(=O)c1cccc2c1C(=O)c1n[nH]nc1C2=O. The van der Waals surface area contributed by atoms with Crippen LogP contribution in [-0.2, 0) is 9.84 Å². The number of carbonyl (C=O) groups excluding carboxylic acids is 2. The number of aromatic amines is 1. The fraction of sp³-hybridized carbons (Fsp3) is 0.231. The Balaban J connectivity index is 2.30. The van der Waals surface area contributed by atoms with Crippen LogP contribution in [0.25, 0.3) is 0 Å². The van der Waals surface area contributed by atoms with E-state index in [1.807, 2.05) is 0 Å². The molecule has 3 rings (SSSR count). The number of rotatable bonds is 3. The van der Waals surface area contributed by atoms with Crippen LogP contribution in [0, 0.1) is 0 Å². The van der Waals surface area contributed by atoms with Crippen molar-refractivity contribution >= 4 is 21.4 Å². The van der Waals surface area contributed by atoms with Gasteiger partial charge in [-0.1, -0.05) is 19.1 Å². The summed E-state index contributed by atoms with van der Waals surface area (Å²) in [5.41, 5.74) is -0.250. The van der Waals surface area contributed by atoms with Crippen LogP contribution >= 0.6 is 0 Å². The molecule has 1 aliphatic rings. The summed E-state index contributed by atoms with van der Waals surface area (Å²) in [7, 11) is -3.63. The predicted molar refractivity (Wildman–Crippen MR) is 72.0 cm³/mol. The molecule has 8 heteroatoms. The maximum Gasteiger partial charge on any atom is 0.217 e. The van der Waals surface area contributed by atoms with Crippen molar-refractivity contribution < 1.29 is 18.0 Å². The number of carbonyl (C=O) groups is 2. The number of H-pyrrole nitrogens is 1. The molecule has 0 atom stereocenters. The lowest BCUT2D eigenvalue weighted by molar-refractivity contribution is 0.0971. The second-order valence-corrected chi connectivity index (χ2v) is 6.75. The molecule has 0 fully saturated rings. The topological polar surface area (TPSA) is 110 Å². The van der Waals surface area contributed by atoms with Gasteiger partial charge in [0.15, 0.2) is 21.2 Å². The zero-order chi connectivity index (χ0) is 15.2. The van der Waals surface area contributed by atoms with Crippen molar-refractivity contribution in [2.45, 2.75) is 18.2 Å². The molecule has 2 aromatic rings. The molecule has 1 aliphatic carbocycles. The molecule has 0 amide bonds. The number of ketones is 2. The molecule has 1 N–H and O–H groups in total. The van der Waals surface area contributed by atoms with Gasteiger partial charge in [-0.2, -0.15) is 15.4 Å². The fourth-order valence-corrected chi connectivity index (χ4v) is 3.94. The van der Waals surface area contributed by atoms with Gasteiger partial charge in [-0.3, -0.25) is 9.59 Å². The van der Waals surface area contributed by atoms with Gasteiger partial charge < -0.3 is 0 Å². The highest BCUT2D eigenvalue weighted by Gasteiger charge is 2.37. The Morgan fingerprint density at radius 2 is 1.76 bits per heavy atom. The largest absolute Gasteiger partial charge is 0.287 e. The van der Waals surface area contributed by atoms with Crippen LogP contribution in [0.3, 0.4) is 0 Å². The van der Waals surface area contributed by atoms with Gasteiger partial charge in [-0.15, -0.1) is 0 Å². The van der Waals surface area contributed by atoms with Crippen LogP contribution in [0.2, 0.25) is 0 Å². The second-order valence-electron chi connectivity index (χ2n) is 4.68. The Morgan fingerprint density at radius 1 is 1.10 bits per heavy atom. The first kappa shape index (κ1) is 13.6. The average Bonchev–Trinajstić information content (AvgIpc) is 2.94. The van der Waals surface area contributed by atoms with Crippen molar-refractivity contribution in [1.82, 2.24) is 15.4 Å². The molecular formula is C13H11N3O4S. The minimum absolute atomic E-state index is 0.0542. The molecule has 0 saturated carbocycles. The van der Waals surface area contributed by atoms with E-state index >= 15 is 0 Å². The third-order valence-electron chi connectivity index (χ3n) is 3.28. The average molecular weight is 305 g/mol. The summed E-state index contributed by atoms with van der Waals surface area (Å²) in [5, 5.41) is 9.54. The molecule has 0 saturated heterocycles. The van der Waals surface area contributed by atoms with Crippen LogP contribution in [0.5, 0.6) is 0 Å². The second kappa shape index (κ2) is 4.59. The van der Waals surface area contributed by atoms with Crippen molar-refractivity contribution in [2.75, 3.05) is 5.75 Å². The molecule has 1 heterocycles. The molecular weight excluding hydrogens is 294 g/mol. The molecule has 21 heavy (non-hydrogen) atoms. The Labute approximate surface area is 120 Å². The summed E-state index contributed by atoms with van der Waals surface area (Å²) in [5.74, 6) is -1.18. The standard InChI is InChI=1S/C13H11N3O4S/c1-2-6-21(19,20)8-5-3-4-7-9(8)13(18)11-10(12(7)17)14-16-15-11/h3-5H,2,6H2,1H3,(H,14,15,16). The minimum atomic E-state index is -3.63. The summed E-state index contributed by atoms with van der Waals surface area (Å²) in [6, 6.07) is 4.23. The van der Waals surface area contributed by atoms with Crippen molar-refractivity contribution in [3.63, 3.8) is 0 Å². The smallest absolute Gasteiger partial charge is 0.217 e. The number of aromatic nitrogens is 3. The van der Waals surface area contributed by atoms with E-state index in [0.29, 0.717) is 6.42 Å². The van der Waals surface area contributed by atoms with Gasteiger partial charge in [0, 0.05) is 5.56 Å². The summed E-state index contributed by atoms with van der Waals surface area (Å²) in [4.78, 5) is 24.6. The highest BCUT2D eigenvalue weighted by molar-refractivity contribution is 7.91. The van der Waals surface area contributed by atoms with E-state index in [1.54, 1.807) is 6.92 Å². The van der Waals surface area contributed by atoms with Crippen molar-refractivity contribution in [1.29, 1.82) is 0 Å². The highest BCUT2D eigenvalue weighted by Crippen LogP contribution is 2.30. The summed E-state index contributed by atoms with van der Waals surface area (Å²) in [6.45, 7) is 1.73. The fourth-order valence-electron chi connectivity index (χ4n) is 2.39. The number of sulfone groups is 1. The first-order valence-corrected chi connectivity index (χ1v) is 7.98. The molecule has 0 bridgehead atoms. The number of fused-ring (bicyclic) bond motifs is 2. The summed E-state index contributed by atoms with van der Waals surface area (Å²) in [6.07, 6.45) is 0.420. The zero-order valence-electron chi connectivity index (χ0n) is 11.1. The van der Waals surface area contributed by atoms with Gasteiger partial charge in [0.2, 0.25) is 11.6 Å². The summed E-state index contributed by atoms with van der Waals surface area (Å²) >= 11 is 0. The molecule has 0 unspecified atom stereocenters. The van der Waals surface area contributed by atoms with Gasteiger partial charge in [0.05, 0.1) is 16.2 Å². The number of hydrogen-bond donors (Lipinski definition) is 1. The molecule has 1 aromatic heterocycles. The first-order valence-electron chi connectivity index (χ1n) is 6.33. The van der Waals surface area contributed by atoms with Crippen LogP contribution in [0.15, 0.2) is 23.1 Å². The van der Waals surface area contributed by atoms with Crippen molar-refractivity contribution in [3.8, 4) is 0 Å². The predicted octanol–water partition coefficient (Wildman–Crippen LogP) is 0.764. The minimum Gasteiger partial charge on any atom is -0.287 e. The Kier molecular flexibility index (Phi) is 2.98. The Hall–Kier alpha value is -2.35. The first-order chi connectivity index (χ1) is 9.97. The normalized spacial score (nSPS) is 14.0. The van der Waals surface area contributed by atoms with Crippen LogP contribution in [-0.4, -0.2) is 41.1 Å². The molecule has 1 aromatic carbocycles. The van der Waals surface area contributed by atoms with Gasteiger partial charge in [0.25, 0.3) is 0 Å². The lowest BCUT2D eigenvalue weighted by atomic mass is 9.90. The summed E-state index contributed by atoms with van der Waals surface area (Å²) < 4.78 is 24.6. The third kappa shape index (κ3) is 1.90. The van der Waals surface area contributed by atoms with E-state index in [4.69, 9.17) is 0 Å². The molecule has 0 spiro atoms. The van der Waals surface area contributed by atoms with Crippen molar-refractivity contribution in [2.24, 2.45) is 0 Å². The lowest BCUT2D eigenvalue weighted by Crippen LogP contribution is -2.24. The number of nitrogens with zero attached hydrogens (tertiary/aromatic N) is 2. The van der Waals surface area contributed by atoms with Gasteiger partial charge >= 0.3 is 0 Å². The van der Waals surface area contributed by atoms with E-state index in [9.17, 15) is 18.0 Å². The maximum absolute atomic E-state index is 12.4. The van der Waals surface area contributed by atoms with E-state index in [2.05, 4.69) is 15.4 Å². The lowest BCUT2D eigenvalue weighted by Gasteiger charge is -2.15. The molecule has 0 radical (unpaired) electrons. The highest BCUT2D eigenvalue weighted by atomic mass is 32.2. The number of nitrogens with one attached hydrogen (secondary N) is 1. The maximum atomic E-state index is 12.4. The molecule has 108 valence electrons. The van der Waals surface area contributed by atoms with Crippen LogP contribution in [0.4, 0.5) is 0 Å². The number of hydrogen-bond acceptors (Lipinski definition) is 6. The van der Waals surface area contributed by atoms with Crippen LogP contribution < -0.4 is 0 Å². The zero-order valence-corrected chi connectivity index (χ0v) is 11.9. The van der Waals surface area contributed by atoms with E-state index in [-0.39, 0.29) is 33.2 Å². The monoisotopic (exact) mass is 305 g/mol. The third-order valence-corrected chi connectivity index (χ3v) is 5.24. The quantitative estimate of drug-likeness (QED) is 0.765.